The summed E-state index contributed by atoms with van der Waals surface area (Å²) in [4.78, 5) is 27.0. The molecule has 1 saturated heterocycles. The summed E-state index contributed by atoms with van der Waals surface area (Å²) in [6.07, 6.45) is 6.03. The third kappa shape index (κ3) is 5.47. The summed E-state index contributed by atoms with van der Waals surface area (Å²) in [6, 6.07) is 12.5. The molecule has 1 heterocycles. The zero-order valence-electron chi connectivity index (χ0n) is 18.7. The van der Waals surface area contributed by atoms with E-state index in [1.54, 1.807) is 18.2 Å². The van der Waals surface area contributed by atoms with Gasteiger partial charge in [-0.3, -0.25) is 9.59 Å². The number of halogens is 1. The van der Waals surface area contributed by atoms with E-state index in [1.165, 1.54) is 6.07 Å². The Bertz CT molecular complexity index is 954. The van der Waals surface area contributed by atoms with Crippen molar-refractivity contribution in [2.75, 3.05) is 18.0 Å². The first-order valence-corrected chi connectivity index (χ1v) is 11.7. The van der Waals surface area contributed by atoms with E-state index < -0.39 is 0 Å². The Labute approximate surface area is 189 Å². The van der Waals surface area contributed by atoms with Gasteiger partial charge in [0.25, 0.3) is 5.91 Å². The van der Waals surface area contributed by atoms with Gasteiger partial charge in [0.15, 0.2) is 0 Å². The van der Waals surface area contributed by atoms with Gasteiger partial charge in [0.05, 0.1) is 5.69 Å². The molecule has 2 fully saturated rings. The van der Waals surface area contributed by atoms with Crippen LogP contribution in [0, 0.1) is 18.7 Å². The lowest BCUT2D eigenvalue weighted by atomic mass is 10.0. The van der Waals surface area contributed by atoms with Crippen LogP contribution in [0.25, 0.3) is 0 Å². The fourth-order valence-electron chi connectivity index (χ4n) is 4.74. The SMILES string of the molecule is Cc1ccc(F)c(N2CCCC(NC(=O)c3ccc(CNC(=O)C4CCCC4)cc3)C2)c1. The molecule has 1 unspecified atom stereocenters. The summed E-state index contributed by atoms with van der Waals surface area (Å²) in [5.74, 6) is -0.0547. The van der Waals surface area contributed by atoms with Crippen molar-refractivity contribution in [3.8, 4) is 0 Å². The molecule has 5 nitrogen and oxygen atoms in total. The lowest BCUT2D eigenvalue weighted by molar-refractivity contribution is -0.124. The van der Waals surface area contributed by atoms with E-state index >= 15 is 0 Å². The number of benzene rings is 2. The number of amides is 2. The molecule has 1 aliphatic heterocycles. The summed E-state index contributed by atoms with van der Waals surface area (Å²) >= 11 is 0. The highest BCUT2D eigenvalue weighted by atomic mass is 19.1. The Morgan fingerprint density at radius 1 is 1.03 bits per heavy atom. The van der Waals surface area contributed by atoms with Crippen LogP contribution >= 0.6 is 0 Å². The van der Waals surface area contributed by atoms with Crippen LogP contribution in [0.15, 0.2) is 42.5 Å². The lowest BCUT2D eigenvalue weighted by Crippen LogP contribution is -2.48. The van der Waals surface area contributed by atoms with Crippen LogP contribution in [-0.4, -0.2) is 30.9 Å². The number of aryl methyl sites for hydroxylation is 1. The van der Waals surface area contributed by atoms with Crippen molar-refractivity contribution in [2.45, 2.75) is 58.0 Å². The molecular formula is C26H32FN3O2. The minimum absolute atomic E-state index is 0.0264. The normalized spacial score (nSPS) is 19.1. The number of carbonyl (C=O) groups excluding carboxylic acids is 2. The number of hydrogen-bond donors (Lipinski definition) is 2. The van der Waals surface area contributed by atoms with Crippen LogP contribution < -0.4 is 15.5 Å². The largest absolute Gasteiger partial charge is 0.367 e. The Kier molecular flexibility index (Phi) is 7.08. The van der Waals surface area contributed by atoms with Crippen molar-refractivity contribution < 1.29 is 14.0 Å². The maximum absolute atomic E-state index is 14.3. The van der Waals surface area contributed by atoms with Gasteiger partial charge in [-0.2, -0.15) is 0 Å². The first kappa shape index (κ1) is 22.3. The molecule has 0 spiro atoms. The highest BCUT2D eigenvalue weighted by Crippen LogP contribution is 2.25. The second-order valence-electron chi connectivity index (χ2n) is 9.11. The molecule has 2 N–H and O–H groups in total. The number of rotatable bonds is 6. The van der Waals surface area contributed by atoms with Gasteiger partial charge in [-0.05, 0) is 68.0 Å². The summed E-state index contributed by atoms with van der Waals surface area (Å²) < 4.78 is 14.3. The van der Waals surface area contributed by atoms with Crippen LogP contribution in [0.4, 0.5) is 10.1 Å². The highest BCUT2D eigenvalue weighted by Gasteiger charge is 2.24. The van der Waals surface area contributed by atoms with Gasteiger partial charge in [-0.1, -0.05) is 31.0 Å². The second kappa shape index (κ2) is 10.2. The van der Waals surface area contributed by atoms with Crippen molar-refractivity contribution in [3.05, 3.63) is 65.0 Å². The minimum Gasteiger partial charge on any atom is -0.367 e. The molecule has 6 heteroatoms. The van der Waals surface area contributed by atoms with Crippen molar-refractivity contribution in [1.29, 1.82) is 0 Å². The Balaban J connectivity index is 1.30. The second-order valence-corrected chi connectivity index (χ2v) is 9.11. The molecule has 2 aromatic carbocycles. The van der Waals surface area contributed by atoms with E-state index in [1.807, 2.05) is 30.0 Å². The van der Waals surface area contributed by atoms with Gasteiger partial charge in [0.1, 0.15) is 5.82 Å². The van der Waals surface area contributed by atoms with Crippen LogP contribution in [0.5, 0.6) is 0 Å². The van der Waals surface area contributed by atoms with Gasteiger partial charge in [-0.25, -0.2) is 4.39 Å². The molecule has 32 heavy (non-hydrogen) atoms. The molecule has 0 aromatic heterocycles. The lowest BCUT2D eigenvalue weighted by Gasteiger charge is -2.35. The molecule has 170 valence electrons. The Morgan fingerprint density at radius 3 is 2.53 bits per heavy atom. The number of hydrogen-bond acceptors (Lipinski definition) is 3. The first-order chi connectivity index (χ1) is 15.5. The first-order valence-electron chi connectivity index (χ1n) is 11.7. The molecule has 2 aliphatic rings. The number of carbonyl (C=O) groups is 2. The van der Waals surface area contributed by atoms with Gasteiger partial charge >= 0.3 is 0 Å². The molecule has 0 bridgehead atoms. The predicted molar refractivity (Wildman–Crippen MR) is 124 cm³/mol. The minimum atomic E-state index is -0.224. The number of piperidine rings is 1. The summed E-state index contributed by atoms with van der Waals surface area (Å²) in [5, 5.41) is 6.11. The number of nitrogens with one attached hydrogen (secondary N) is 2. The van der Waals surface area contributed by atoms with Crippen molar-refractivity contribution in [2.24, 2.45) is 5.92 Å². The quantitative estimate of drug-likeness (QED) is 0.707. The summed E-state index contributed by atoms with van der Waals surface area (Å²) in [6.45, 7) is 3.82. The smallest absolute Gasteiger partial charge is 0.251 e. The summed E-state index contributed by atoms with van der Waals surface area (Å²) in [5.41, 5.74) is 3.20. The monoisotopic (exact) mass is 437 g/mol. The topological polar surface area (TPSA) is 61.4 Å². The maximum atomic E-state index is 14.3. The Hall–Kier alpha value is -2.89. The number of anilines is 1. The maximum Gasteiger partial charge on any atom is 0.251 e. The van der Waals surface area contributed by atoms with E-state index in [2.05, 4.69) is 10.6 Å². The third-order valence-corrected chi connectivity index (χ3v) is 6.61. The molecule has 2 aromatic rings. The van der Waals surface area contributed by atoms with Crippen LogP contribution in [0.3, 0.4) is 0 Å². The predicted octanol–water partition coefficient (Wildman–Crippen LogP) is 4.34. The zero-order valence-corrected chi connectivity index (χ0v) is 18.7. The zero-order chi connectivity index (χ0) is 22.5. The molecule has 4 rings (SSSR count). The van der Waals surface area contributed by atoms with Gasteiger partial charge < -0.3 is 15.5 Å². The molecule has 1 aliphatic carbocycles. The summed E-state index contributed by atoms with van der Waals surface area (Å²) in [7, 11) is 0. The standard InChI is InChI=1S/C26H32FN3O2/c1-18-8-13-23(27)24(15-18)30-14-4-7-22(17-30)29-26(32)21-11-9-19(10-12-21)16-28-25(31)20-5-2-3-6-20/h8-13,15,20,22H,2-7,14,16-17H2,1H3,(H,28,31)(H,29,32). The van der Waals surface area contributed by atoms with E-state index in [4.69, 9.17) is 0 Å². The molecule has 2 amide bonds. The van der Waals surface area contributed by atoms with Crippen molar-refractivity contribution in [1.82, 2.24) is 10.6 Å². The van der Waals surface area contributed by atoms with Crippen molar-refractivity contribution in [3.63, 3.8) is 0 Å². The van der Waals surface area contributed by atoms with E-state index in [0.717, 1.165) is 56.2 Å². The fourth-order valence-corrected chi connectivity index (χ4v) is 4.74. The molecule has 1 atom stereocenters. The average molecular weight is 438 g/mol. The van der Waals surface area contributed by atoms with E-state index in [9.17, 15) is 14.0 Å². The van der Waals surface area contributed by atoms with Crippen LogP contribution in [-0.2, 0) is 11.3 Å². The third-order valence-electron chi connectivity index (χ3n) is 6.61. The molecule has 1 saturated carbocycles. The number of nitrogens with zero attached hydrogens (tertiary/aromatic N) is 1. The van der Waals surface area contributed by atoms with Crippen LogP contribution in [0.2, 0.25) is 0 Å². The Morgan fingerprint density at radius 2 is 1.78 bits per heavy atom. The molecular weight excluding hydrogens is 405 g/mol. The van der Waals surface area contributed by atoms with Gasteiger partial charge in [0.2, 0.25) is 5.91 Å². The molecule has 0 radical (unpaired) electrons. The fraction of sp³-hybridized carbons (Fsp3) is 0.462. The van der Waals surface area contributed by atoms with E-state index in [-0.39, 0.29) is 29.6 Å². The highest BCUT2D eigenvalue weighted by molar-refractivity contribution is 5.94. The van der Waals surface area contributed by atoms with E-state index in [0.29, 0.717) is 24.3 Å². The van der Waals surface area contributed by atoms with Gasteiger partial charge in [-0.15, -0.1) is 0 Å². The van der Waals surface area contributed by atoms with Crippen molar-refractivity contribution >= 4 is 17.5 Å². The van der Waals surface area contributed by atoms with Crippen LogP contribution in [0.1, 0.15) is 60.0 Å². The van der Waals surface area contributed by atoms with Gasteiger partial charge in [0, 0.05) is 37.2 Å². The average Bonchev–Trinajstić information content (AvgIpc) is 3.35.